The first-order chi connectivity index (χ1) is 9.63. The fourth-order valence-electron chi connectivity index (χ4n) is 2.35. The summed E-state index contributed by atoms with van der Waals surface area (Å²) in [5.74, 6) is 0.456. The highest BCUT2D eigenvalue weighted by atomic mass is 16.1. The van der Waals surface area contributed by atoms with E-state index in [0.717, 1.165) is 37.1 Å². The maximum Gasteiger partial charge on any atom is 0.150 e. The van der Waals surface area contributed by atoms with Crippen molar-refractivity contribution in [3.63, 3.8) is 0 Å². The molecule has 0 fully saturated rings. The first kappa shape index (κ1) is 14.5. The van der Waals surface area contributed by atoms with Gasteiger partial charge in [-0.15, -0.1) is 0 Å². The minimum Gasteiger partial charge on any atom is -0.365 e. The lowest BCUT2D eigenvalue weighted by Crippen LogP contribution is -2.23. The number of hydrogen-bond donors (Lipinski definition) is 0. The SMILES string of the molecule is C/C=C(/CN1CCc2ccc(C=O)cc21)N=CC(C)C. The quantitative estimate of drug-likeness (QED) is 0.606. The molecule has 0 N–H and O–H groups in total. The van der Waals surface area contributed by atoms with E-state index in [1.807, 2.05) is 25.3 Å². The smallest absolute Gasteiger partial charge is 0.150 e. The summed E-state index contributed by atoms with van der Waals surface area (Å²) in [5.41, 5.74) is 4.30. The summed E-state index contributed by atoms with van der Waals surface area (Å²) in [6, 6.07) is 5.93. The summed E-state index contributed by atoms with van der Waals surface area (Å²) in [7, 11) is 0. The maximum absolute atomic E-state index is 10.9. The Hall–Kier alpha value is -1.90. The van der Waals surface area contributed by atoms with Gasteiger partial charge in [0.25, 0.3) is 0 Å². The number of nitrogens with zero attached hydrogens (tertiary/aromatic N) is 2. The summed E-state index contributed by atoms with van der Waals surface area (Å²) >= 11 is 0. The Morgan fingerprint density at radius 3 is 2.90 bits per heavy atom. The normalized spacial score (nSPS) is 15.2. The minimum absolute atomic E-state index is 0.456. The third-order valence-electron chi connectivity index (χ3n) is 3.46. The van der Waals surface area contributed by atoms with E-state index in [9.17, 15) is 4.79 Å². The molecule has 0 spiro atoms. The average Bonchev–Trinajstić information content (AvgIpc) is 2.85. The molecule has 0 amide bonds. The molecule has 0 aliphatic carbocycles. The van der Waals surface area contributed by atoms with Gasteiger partial charge in [-0.1, -0.05) is 32.1 Å². The molecule has 3 heteroatoms. The summed E-state index contributed by atoms with van der Waals surface area (Å²) in [4.78, 5) is 17.8. The molecule has 1 aliphatic rings. The number of rotatable bonds is 5. The molecular weight excluding hydrogens is 248 g/mol. The number of carbonyl (C=O) groups is 1. The van der Waals surface area contributed by atoms with Crippen LogP contribution < -0.4 is 4.90 Å². The molecule has 0 unspecified atom stereocenters. The van der Waals surface area contributed by atoms with Crippen molar-refractivity contribution in [2.24, 2.45) is 10.9 Å². The largest absolute Gasteiger partial charge is 0.365 e. The van der Waals surface area contributed by atoms with E-state index in [0.29, 0.717) is 5.92 Å². The van der Waals surface area contributed by atoms with E-state index in [2.05, 4.69) is 35.9 Å². The topological polar surface area (TPSA) is 32.7 Å². The minimum atomic E-state index is 0.456. The highest BCUT2D eigenvalue weighted by Gasteiger charge is 2.19. The van der Waals surface area contributed by atoms with Crippen LogP contribution in [0.4, 0.5) is 5.69 Å². The lowest BCUT2D eigenvalue weighted by atomic mass is 10.1. The first-order valence-corrected chi connectivity index (χ1v) is 7.16. The van der Waals surface area contributed by atoms with Crippen LogP contribution in [0.25, 0.3) is 0 Å². The Balaban J connectivity index is 2.15. The van der Waals surface area contributed by atoms with E-state index in [1.165, 1.54) is 11.3 Å². The van der Waals surface area contributed by atoms with Crippen molar-refractivity contribution in [2.45, 2.75) is 27.2 Å². The molecule has 106 valence electrons. The molecule has 1 aliphatic heterocycles. The molecule has 0 saturated carbocycles. The van der Waals surface area contributed by atoms with Crippen LogP contribution in [-0.2, 0) is 6.42 Å². The second-order valence-electron chi connectivity index (χ2n) is 5.48. The van der Waals surface area contributed by atoms with Crippen LogP contribution in [0.5, 0.6) is 0 Å². The van der Waals surface area contributed by atoms with Gasteiger partial charge in [-0.3, -0.25) is 9.79 Å². The molecule has 0 aromatic heterocycles. The predicted molar refractivity (Wildman–Crippen MR) is 84.8 cm³/mol. The lowest BCUT2D eigenvalue weighted by Gasteiger charge is -2.20. The van der Waals surface area contributed by atoms with Crippen molar-refractivity contribution in [3.05, 3.63) is 41.1 Å². The number of allylic oxidation sites excluding steroid dienone is 1. The lowest BCUT2D eigenvalue weighted by molar-refractivity contribution is 0.112. The summed E-state index contributed by atoms with van der Waals surface area (Å²) < 4.78 is 0. The molecule has 2 rings (SSSR count). The molecule has 3 nitrogen and oxygen atoms in total. The first-order valence-electron chi connectivity index (χ1n) is 7.16. The Bertz CT molecular complexity index is 544. The number of hydrogen-bond acceptors (Lipinski definition) is 3. The summed E-state index contributed by atoms with van der Waals surface area (Å²) in [5, 5.41) is 0. The van der Waals surface area contributed by atoms with Crippen molar-refractivity contribution in [2.75, 3.05) is 18.0 Å². The van der Waals surface area contributed by atoms with Crippen LogP contribution in [0.1, 0.15) is 36.7 Å². The van der Waals surface area contributed by atoms with Gasteiger partial charge in [-0.2, -0.15) is 0 Å². The third-order valence-corrected chi connectivity index (χ3v) is 3.46. The third kappa shape index (κ3) is 3.35. The van der Waals surface area contributed by atoms with Gasteiger partial charge in [-0.25, -0.2) is 0 Å². The summed E-state index contributed by atoms with van der Waals surface area (Å²) in [6.45, 7) is 8.06. The Morgan fingerprint density at radius 1 is 1.45 bits per heavy atom. The van der Waals surface area contributed by atoms with Crippen molar-refractivity contribution < 1.29 is 4.79 Å². The van der Waals surface area contributed by atoms with E-state index in [-0.39, 0.29) is 0 Å². The van der Waals surface area contributed by atoms with Gasteiger partial charge in [0, 0.05) is 24.0 Å². The Labute approximate surface area is 121 Å². The monoisotopic (exact) mass is 270 g/mol. The van der Waals surface area contributed by atoms with Crippen LogP contribution >= 0.6 is 0 Å². The van der Waals surface area contributed by atoms with Crippen LogP contribution in [0.15, 0.2) is 35.0 Å². The van der Waals surface area contributed by atoms with E-state index in [1.54, 1.807) is 0 Å². The molecule has 1 aromatic rings. The van der Waals surface area contributed by atoms with Crippen LogP contribution in [0.3, 0.4) is 0 Å². The van der Waals surface area contributed by atoms with Crippen molar-refractivity contribution in [3.8, 4) is 0 Å². The van der Waals surface area contributed by atoms with Crippen LogP contribution in [0.2, 0.25) is 0 Å². The van der Waals surface area contributed by atoms with Crippen LogP contribution in [-0.4, -0.2) is 25.6 Å². The maximum atomic E-state index is 10.9. The zero-order valence-electron chi connectivity index (χ0n) is 12.5. The predicted octanol–water partition coefficient (Wildman–Crippen LogP) is 3.49. The second kappa shape index (κ2) is 6.51. The van der Waals surface area contributed by atoms with Gasteiger partial charge >= 0.3 is 0 Å². The van der Waals surface area contributed by atoms with Crippen molar-refractivity contribution in [1.82, 2.24) is 0 Å². The van der Waals surface area contributed by atoms with Gasteiger partial charge in [0.05, 0.1) is 12.2 Å². The molecular formula is C17H22N2O. The highest BCUT2D eigenvalue weighted by molar-refractivity contribution is 5.78. The zero-order chi connectivity index (χ0) is 14.5. The van der Waals surface area contributed by atoms with Gasteiger partial charge in [-0.05, 0) is 30.9 Å². The second-order valence-corrected chi connectivity index (χ2v) is 5.48. The number of benzene rings is 1. The number of aldehydes is 1. The fraction of sp³-hybridized carbons (Fsp3) is 0.412. The van der Waals surface area contributed by atoms with Gasteiger partial charge in [0.15, 0.2) is 0 Å². The molecule has 20 heavy (non-hydrogen) atoms. The molecule has 0 saturated heterocycles. The molecule has 1 aromatic carbocycles. The molecule has 1 heterocycles. The van der Waals surface area contributed by atoms with E-state index < -0.39 is 0 Å². The average molecular weight is 270 g/mol. The standard InChI is InChI=1S/C17H22N2O/c1-4-16(18-10-13(2)3)11-19-8-7-15-6-5-14(12-20)9-17(15)19/h4-6,9-10,12-13H,7-8,11H2,1-3H3/b16-4-,18-10?. The van der Waals surface area contributed by atoms with E-state index >= 15 is 0 Å². The zero-order valence-corrected chi connectivity index (χ0v) is 12.5. The van der Waals surface area contributed by atoms with Gasteiger partial charge in [0.2, 0.25) is 0 Å². The van der Waals surface area contributed by atoms with Gasteiger partial charge in [0.1, 0.15) is 6.29 Å². The number of anilines is 1. The number of aliphatic imine (C=N–C) groups is 1. The van der Waals surface area contributed by atoms with Crippen molar-refractivity contribution in [1.29, 1.82) is 0 Å². The molecule has 0 radical (unpaired) electrons. The van der Waals surface area contributed by atoms with Crippen LogP contribution in [0, 0.1) is 5.92 Å². The van der Waals surface area contributed by atoms with Crippen molar-refractivity contribution >= 4 is 18.2 Å². The molecule has 0 bridgehead atoms. The highest BCUT2D eigenvalue weighted by Crippen LogP contribution is 2.29. The fourth-order valence-corrected chi connectivity index (χ4v) is 2.35. The molecule has 0 atom stereocenters. The number of carbonyl (C=O) groups excluding carboxylic acids is 1. The summed E-state index contributed by atoms with van der Waals surface area (Å²) in [6.07, 6.45) is 5.98. The Morgan fingerprint density at radius 2 is 2.25 bits per heavy atom. The van der Waals surface area contributed by atoms with E-state index in [4.69, 9.17) is 0 Å². The Kier molecular flexibility index (Phi) is 4.72. The number of fused-ring (bicyclic) bond motifs is 1. The van der Waals surface area contributed by atoms with Gasteiger partial charge < -0.3 is 4.90 Å².